The van der Waals surface area contributed by atoms with E-state index < -0.39 is 0 Å². The van der Waals surface area contributed by atoms with Gasteiger partial charge < -0.3 is 9.73 Å². The van der Waals surface area contributed by atoms with Gasteiger partial charge >= 0.3 is 6.01 Å². The maximum absolute atomic E-state index is 6.02. The van der Waals surface area contributed by atoms with Crippen LogP contribution in [0.4, 0.5) is 11.7 Å². The number of hydrogen-bond donors (Lipinski definition) is 2. The molecule has 0 bridgehead atoms. The van der Waals surface area contributed by atoms with Crippen LogP contribution in [0, 0.1) is 0 Å². The summed E-state index contributed by atoms with van der Waals surface area (Å²) in [5.74, 6) is 0.557. The average Bonchev–Trinajstić information content (AvgIpc) is 3.16. The van der Waals surface area contributed by atoms with Crippen LogP contribution >= 0.6 is 11.6 Å². The molecule has 0 aliphatic carbocycles. The molecule has 0 radical (unpaired) electrons. The van der Waals surface area contributed by atoms with Crippen molar-refractivity contribution in [2.75, 3.05) is 5.32 Å². The number of hydrogen-bond acceptors (Lipinski definition) is 5. The van der Waals surface area contributed by atoms with E-state index in [-0.39, 0.29) is 0 Å². The molecule has 114 valence electrons. The maximum Gasteiger partial charge on any atom is 0.320 e. The fourth-order valence-corrected chi connectivity index (χ4v) is 2.53. The Bertz CT molecular complexity index is 947. The number of fused-ring (bicyclic) bond motifs is 1. The van der Waals surface area contributed by atoms with Crippen molar-refractivity contribution in [3.63, 3.8) is 0 Å². The Labute approximate surface area is 136 Å². The lowest BCUT2D eigenvalue weighted by molar-refractivity contribution is 0.521. The minimum atomic E-state index is 0.342. The molecule has 7 heteroatoms. The molecule has 2 aromatic heterocycles. The van der Waals surface area contributed by atoms with Gasteiger partial charge in [-0.05, 0) is 23.8 Å². The zero-order chi connectivity index (χ0) is 15.6. The molecule has 0 saturated heterocycles. The number of nitrogens with zero attached hydrogens (tertiary/aromatic N) is 3. The van der Waals surface area contributed by atoms with Crippen LogP contribution in [0.15, 0.2) is 52.9 Å². The predicted molar refractivity (Wildman–Crippen MR) is 87.9 cm³/mol. The van der Waals surface area contributed by atoms with Gasteiger partial charge in [0.1, 0.15) is 0 Å². The summed E-state index contributed by atoms with van der Waals surface area (Å²) in [6, 6.07) is 16.0. The number of halogens is 1. The number of aromatic nitrogens is 4. The average molecular weight is 326 g/mol. The summed E-state index contributed by atoms with van der Waals surface area (Å²) in [4.78, 5) is 0. The van der Waals surface area contributed by atoms with Gasteiger partial charge in [-0.1, -0.05) is 47.0 Å². The summed E-state index contributed by atoms with van der Waals surface area (Å²) in [5, 5.41) is 19.2. The van der Waals surface area contributed by atoms with E-state index >= 15 is 0 Å². The first-order chi connectivity index (χ1) is 11.3. The van der Waals surface area contributed by atoms with E-state index in [4.69, 9.17) is 16.0 Å². The summed E-state index contributed by atoms with van der Waals surface area (Å²) in [6.07, 6.45) is 0.599. The summed E-state index contributed by atoms with van der Waals surface area (Å²) in [5.41, 5.74) is 2.79. The lowest BCUT2D eigenvalue weighted by atomic mass is 10.2. The second kappa shape index (κ2) is 5.73. The molecule has 0 unspecified atom stereocenters. The second-order valence-corrected chi connectivity index (χ2v) is 5.42. The quantitative estimate of drug-likeness (QED) is 0.594. The Morgan fingerprint density at radius 3 is 2.83 bits per heavy atom. The molecule has 0 atom stereocenters. The molecule has 4 rings (SSSR count). The molecule has 2 heterocycles. The van der Waals surface area contributed by atoms with Gasteiger partial charge in [-0.25, -0.2) is 0 Å². The van der Waals surface area contributed by atoms with Crippen molar-refractivity contribution in [1.82, 2.24) is 20.4 Å². The summed E-state index contributed by atoms with van der Waals surface area (Å²) in [6.45, 7) is 0. The smallest absolute Gasteiger partial charge is 0.320 e. The number of aromatic amines is 1. The van der Waals surface area contributed by atoms with Crippen LogP contribution in [-0.4, -0.2) is 20.4 Å². The van der Waals surface area contributed by atoms with Crippen LogP contribution in [0.5, 0.6) is 0 Å². The largest absolute Gasteiger partial charge is 0.408 e. The van der Waals surface area contributed by atoms with Crippen molar-refractivity contribution < 1.29 is 4.42 Å². The first-order valence-electron chi connectivity index (χ1n) is 7.05. The zero-order valence-corrected chi connectivity index (χ0v) is 12.7. The standard InChI is InChI=1S/C16H12ClN5O/c17-15-12-9-11(6-7-13(12)19-21-15)18-16-22-20-14(23-16)8-10-4-2-1-3-5-10/h1-7,9H,8H2,(H,18,22)(H,19,21). The molecule has 0 saturated carbocycles. The normalized spacial score (nSPS) is 11.0. The SMILES string of the molecule is Clc1n[nH]c2ccc(Nc3nnc(Cc4ccccc4)o3)cc12. The van der Waals surface area contributed by atoms with Crippen LogP contribution < -0.4 is 5.32 Å². The third-order valence-corrected chi connectivity index (χ3v) is 3.72. The Kier molecular flexibility index (Phi) is 3.44. The van der Waals surface area contributed by atoms with E-state index in [9.17, 15) is 0 Å². The molecule has 23 heavy (non-hydrogen) atoms. The van der Waals surface area contributed by atoms with Crippen molar-refractivity contribution in [3.05, 3.63) is 65.1 Å². The third-order valence-electron chi connectivity index (χ3n) is 3.43. The number of H-pyrrole nitrogens is 1. The van der Waals surface area contributed by atoms with E-state index in [0.717, 1.165) is 22.2 Å². The molecule has 2 aromatic carbocycles. The van der Waals surface area contributed by atoms with Gasteiger partial charge in [0.05, 0.1) is 11.9 Å². The van der Waals surface area contributed by atoms with Crippen molar-refractivity contribution in [2.45, 2.75) is 6.42 Å². The topological polar surface area (TPSA) is 79.6 Å². The molecule has 0 aliphatic heterocycles. The van der Waals surface area contributed by atoms with Crippen molar-refractivity contribution in [2.24, 2.45) is 0 Å². The maximum atomic E-state index is 6.02. The van der Waals surface area contributed by atoms with E-state index in [1.807, 2.05) is 48.5 Å². The molecule has 0 spiro atoms. The van der Waals surface area contributed by atoms with Gasteiger partial charge in [-0.3, -0.25) is 5.10 Å². The van der Waals surface area contributed by atoms with Crippen LogP contribution in [0.1, 0.15) is 11.5 Å². The lowest BCUT2D eigenvalue weighted by Crippen LogP contribution is -1.89. The van der Waals surface area contributed by atoms with Gasteiger partial charge in [-0.2, -0.15) is 5.10 Å². The highest BCUT2D eigenvalue weighted by Gasteiger charge is 2.09. The molecule has 0 fully saturated rings. The summed E-state index contributed by atoms with van der Waals surface area (Å²) < 4.78 is 5.63. The lowest BCUT2D eigenvalue weighted by Gasteiger charge is -2.01. The van der Waals surface area contributed by atoms with E-state index in [1.54, 1.807) is 0 Å². The van der Waals surface area contributed by atoms with Gasteiger partial charge in [0.25, 0.3) is 0 Å². The fraction of sp³-hybridized carbons (Fsp3) is 0.0625. The molecule has 0 aliphatic rings. The Morgan fingerprint density at radius 2 is 1.96 bits per heavy atom. The first kappa shape index (κ1) is 13.8. The van der Waals surface area contributed by atoms with Gasteiger partial charge in [-0.15, -0.1) is 5.10 Å². The van der Waals surface area contributed by atoms with Crippen molar-refractivity contribution in [3.8, 4) is 0 Å². The van der Waals surface area contributed by atoms with Crippen LogP contribution in [0.3, 0.4) is 0 Å². The molecular weight excluding hydrogens is 314 g/mol. The Hall–Kier alpha value is -2.86. The van der Waals surface area contributed by atoms with Gasteiger partial charge in [0.2, 0.25) is 5.89 Å². The minimum Gasteiger partial charge on any atom is -0.408 e. The summed E-state index contributed by atoms with van der Waals surface area (Å²) in [7, 11) is 0. The monoisotopic (exact) mass is 325 g/mol. The molecule has 4 aromatic rings. The van der Waals surface area contributed by atoms with Gasteiger partial charge in [0.15, 0.2) is 5.15 Å². The summed E-state index contributed by atoms with van der Waals surface area (Å²) >= 11 is 6.02. The third kappa shape index (κ3) is 2.89. The highest BCUT2D eigenvalue weighted by atomic mass is 35.5. The number of nitrogens with one attached hydrogen (secondary N) is 2. The zero-order valence-electron chi connectivity index (χ0n) is 12.0. The second-order valence-electron chi connectivity index (χ2n) is 5.06. The first-order valence-corrected chi connectivity index (χ1v) is 7.43. The molecular formula is C16H12ClN5O. The minimum absolute atomic E-state index is 0.342. The highest BCUT2D eigenvalue weighted by Crippen LogP contribution is 2.25. The van der Waals surface area contributed by atoms with E-state index in [1.165, 1.54) is 0 Å². The van der Waals surface area contributed by atoms with E-state index in [2.05, 4.69) is 25.7 Å². The van der Waals surface area contributed by atoms with Crippen LogP contribution in [-0.2, 0) is 6.42 Å². The number of rotatable bonds is 4. The molecule has 2 N–H and O–H groups in total. The highest BCUT2D eigenvalue weighted by molar-refractivity contribution is 6.34. The number of benzene rings is 2. The van der Waals surface area contributed by atoms with Crippen molar-refractivity contribution in [1.29, 1.82) is 0 Å². The van der Waals surface area contributed by atoms with Crippen molar-refractivity contribution >= 4 is 34.2 Å². The molecule has 6 nitrogen and oxygen atoms in total. The fourth-order valence-electron chi connectivity index (χ4n) is 2.33. The van der Waals surface area contributed by atoms with Crippen LogP contribution in [0.25, 0.3) is 10.9 Å². The number of anilines is 2. The Morgan fingerprint density at radius 1 is 1.09 bits per heavy atom. The molecule has 0 amide bonds. The Balaban J connectivity index is 1.53. The van der Waals surface area contributed by atoms with E-state index in [0.29, 0.717) is 23.5 Å². The van der Waals surface area contributed by atoms with Gasteiger partial charge in [0, 0.05) is 11.1 Å². The predicted octanol–water partition coefficient (Wildman–Crippen LogP) is 3.93. The van der Waals surface area contributed by atoms with Crippen LogP contribution in [0.2, 0.25) is 5.15 Å².